The Balaban J connectivity index is 2.83. The van der Waals surface area contributed by atoms with E-state index in [1.807, 2.05) is 6.92 Å². The molecule has 5 heteroatoms. The third-order valence-electron chi connectivity index (χ3n) is 2.17. The third-order valence-corrected chi connectivity index (χ3v) is 3.60. The SMILES string of the molecule is CC(CO)CSc1cc(Cl)nc(C(C)(C)C)n1. The van der Waals surface area contributed by atoms with Crippen LogP contribution in [0.15, 0.2) is 11.1 Å². The zero-order chi connectivity index (χ0) is 13.1. The smallest absolute Gasteiger partial charge is 0.136 e. The summed E-state index contributed by atoms with van der Waals surface area (Å²) >= 11 is 7.59. The molecule has 1 N–H and O–H groups in total. The molecule has 1 rings (SSSR count). The Morgan fingerprint density at radius 3 is 2.59 bits per heavy atom. The van der Waals surface area contributed by atoms with Crippen molar-refractivity contribution in [3.63, 3.8) is 0 Å². The van der Waals surface area contributed by atoms with Crippen LogP contribution < -0.4 is 0 Å². The Morgan fingerprint density at radius 1 is 1.41 bits per heavy atom. The number of aliphatic hydroxyl groups is 1. The lowest BCUT2D eigenvalue weighted by Crippen LogP contribution is -2.16. The maximum atomic E-state index is 8.98. The number of aliphatic hydroxyl groups excluding tert-OH is 1. The van der Waals surface area contributed by atoms with Crippen LogP contribution in [-0.2, 0) is 5.41 Å². The summed E-state index contributed by atoms with van der Waals surface area (Å²) in [4.78, 5) is 8.74. The van der Waals surface area contributed by atoms with E-state index in [9.17, 15) is 0 Å². The van der Waals surface area contributed by atoms with Gasteiger partial charge in [-0.3, -0.25) is 0 Å². The summed E-state index contributed by atoms with van der Waals surface area (Å²) in [5.41, 5.74) is -0.108. The van der Waals surface area contributed by atoms with E-state index in [0.717, 1.165) is 16.6 Å². The molecule has 0 radical (unpaired) electrons. The number of nitrogens with zero attached hydrogens (tertiary/aromatic N) is 2. The first-order valence-electron chi connectivity index (χ1n) is 5.61. The highest BCUT2D eigenvalue weighted by Crippen LogP contribution is 2.25. The first kappa shape index (κ1) is 14.7. The van der Waals surface area contributed by atoms with Crippen molar-refractivity contribution in [3.05, 3.63) is 17.0 Å². The van der Waals surface area contributed by atoms with Crippen molar-refractivity contribution in [2.75, 3.05) is 12.4 Å². The van der Waals surface area contributed by atoms with E-state index in [1.165, 1.54) is 0 Å². The molecule has 0 saturated carbocycles. The lowest BCUT2D eigenvalue weighted by molar-refractivity contribution is 0.250. The molecule has 1 unspecified atom stereocenters. The average molecular weight is 275 g/mol. The molecule has 0 saturated heterocycles. The third kappa shape index (κ3) is 4.82. The van der Waals surface area contributed by atoms with Crippen LogP contribution in [-0.4, -0.2) is 27.4 Å². The molecular weight excluding hydrogens is 256 g/mol. The van der Waals surface area contributed by atoms with Gasteiger partial charge in [-0.1, -0.05) is 39.3 Å². The van der Waals surface area contributed by atoms with Crippen LogP contribution in [0, 0.1) is 5.92 Å². The zero-order valence-electron chi connectivity index (χ0n) is 10.7. The monoisotopic (exact) mass is 274 g/mol. The Bertz CT molecular complexity index is 379. The number of aromatic nitrogens is 2. The minimum absolute atomic E-state index is 0.108. The van der Waals surface area contributed by atoms with Gasteiger partial charge >= 0.3 is 0 Å². The fourth-order valence-electron chi connectivity index (χ4n) is 1.09. The summed E-state index contributed by atoms with van der Waals surface area (Å²) < 4.78 is 0. The molecule has 0 aliphatic heterocycles. The van der Waals surface area contributed by atoms with Crippen LogP contribution in [0.5, 0.6) is 0 Å². The van der Waals surface area contributed by atoms with E-state index in [2.05, 4.69) is 30.7 Å². The first-order valence-corrected chi connectivity index (χ1v) is 6.98. The summed E-state index contributed by atoms with van der Waals surface area (Å²) in [7, 11) is 0. The summed E-state index contributed by atoms with van der Waals surface area (Å²) in [6.45, 7) is 8.37. The minimum Gasteiger partial charge on any atom is -0.396 e. The van der Waals surface area contributed by atoms with Gasteiger partial charge in [0, 0.05) is 23.8 Å². The molecule has 1 aromatic rings. The molecule has 0 bridgehead atoms. The Hall–Kier alpha value is -0.320. The zero-order valence-corrected chi connectivity index (χ0v) is 12.3. The highest BCUT2D eigenvalue weighted by atomic mass is 35.5. The number of thioether (sulfide) groups is 1. The van der Waals surface area contributed by atoms with Crippen molar-refractivity contribution in [2.45, 2.75) is 38.1 Å². The molecule has 1 heterocycles. The number of halogens is 1. The maximum Gasteiger partial charge on any atom is 0.136 e. The molecule has 0 aliphatic carbocycles. The lowest BCUT2D eigenvalue weighted by Gasteiger charge is -2.17. The predicted octanol–water partition coefficient (Wildman–Crippen LogP) is 3.15. The number of hydrogen-bond acceptors (Lipinski definition) is 4. The van der Waals surface area contributed by atoms with Gasteiger partial charge in [0.25, 0.3) is 0 Å². The molecule has 0 aromatic carbocycles. The second-order valence-electron chi connectivity index (χ2n) is 5.20. The molecule has 1 atom stereocenters. The van der Waals surface area contributed by atoms with Gasteiger partial charge in [-0.15, -0.1) is 11.8 Å². The molecule has 0 spiro atoms. The Labute approximate surface area is 112 Å². The van der Waals surface area contributed by atoms with E-state index < -0.39 is 0 Å². The first-order chi connectivity index (χ1) is 7.82. The van der Waals surface area contributed by atoms with Gasteiger partial charge < -0.3 is 5.11 Å². The summed E-state index contributed by atoms with van der Waals surface area (Å²) in [5.74, 6) is 1.84. The summed E-state index contributed by atoms with van der Waals surface area (Å²) in [6.07, 6.45) is 0. The quantitative estimate of drug-likeness (QED) is 0.677. The standard InChI is InChI=1S/C12H19ClN2OS/c1-8(6-16)7-17-10-5-9(13)14-11(15-10)12(2,3)4/h5,8,16H,6-7H2,1-4H3. The van der Waals surface area contributed by atoms with Crippen molar-refractivity contribution in [2.24, 2.45) is 5.92 Å². The van der Waals surface area contributed by atoms with E-state index in [-0.39, 0.29) is 17.9 Å². The van der Waals surface area contributed by atoms with Gasteiger partial charge in [0.15, 0.2) is 0 Å². The predicted molar refractivity (Wildman–Crippen MR) is 72.7 cm³/mol. The van der Waals surface area contributed by atoms with Gasteiger partial charge in [0.05, 0.1) is 0 Å². The highest BCUT2D eigenvalue weighted by molar-refractivity contribution is 7.99. The molecule has 96 valence electrons. The highest BCUT2D eigenvalue weighted by Gasteiger charge is 2.19. The Kier molecular flexibility index (Phi) is 5.22. The van der Waals surface area contributed by atoms with Gasteiger partial charge in [-0.05, 0) is 5.92 Å². The van der Waals surface area contributed by atoms with Crippen LogP contribution in [0.3, 0.4) is 0 Å². The molecule has 1 aromatic heterocycles. The van der Waals surface area contributed by atoms with Crippen LogP contribution >= 0.6 is 23.4 Å². The minimum atomic E-state index is -0.108. The second-order valence-corrected chi connectivity index (χ2v) is 6.63. The largest absolute Gasteiger partial charge is 0.396 e. The topological polar surface area (TPSA) is 46.0 Å². The molecule has 0 amide bonds. The van der Waals surface area contributed by atoms with Gasteiger partial charge in [0.1, 0.15) is 16.0 Å². The number of hydrogen-bond donors (Lipinski definition) is 1. The van der Waals surface area contributed by atoms with Crippen LogP contribution in [0.1, 0.15) is 33.5 Å². The molecule has 3 nitrogen and oxygen atoms in total. The lowest BCUT2D eigenvalue weighted by atomic mass is 9.96. The van der Waals surface area contributed by atoms with Crippen LogP contribution in [0.4, 0.5) is 0 Å². The van der Waals surface area contributed by atoms with Crippen molar-refractivity contribution in [1.82, 2.24) is 9.97 Å². The van der Waals surface area contributed by atoms with Crippen molar-refractivity contribution in [3.8, 4) is 0 Å². The summed E-state index contributed by atoms with van der Waals surface area (Å²) in [6, 6.07) is 1.77. The maximum absolute atomic E-state index is 8.98. The van der Waals surface area contributed by atoms with Crippen molar-refractivity contribution in [1.29, 1.82) is 0 Å². The van der Waals surface area contributed by atoms with Crippen LogP contribution in [0.2, 0.25) is 5.15 Å². The van der Waals surface area contributed by atoms with E-state index in [4.69, 9.17) is 16.7 Å². The van der Waals surface area contributed by atoms with Crippen molar-refractivity contribution >= 4 is 23.4 Å². The molecule has 0 fully saturated rings. The van der Waals surface area contributed by atoms with E-state index in [0.29, 0.717) is 5.15 Å². The number of rotatable bonds is 4. The average Bonchev–Trinajstić information content (AvgIpc) is 2.24. The van der Waals surface area contributed by atoms with E-state index in [1.54, 1.807) is 17.8 Å². The second kappa shape index (κ2) is 6.03. The van der Waals surface area contributed by atoms with E-state index >= 15 is 0 Å². The fraction of sp³-hybridized carbons (Fsp3) is 0.667. The van der Waals surface area contributed by atoms with Crippen LogP contribution in [0.25, 0.3) is 0 Å². The molecule has 17 heavy (non-hydrogen) atoms. The van der Waals surface area contributed by atoms with Gasteiger partial charge in [0.2, 0.25) is 0 Å². The van der Waals surface area contributed by atoms with Crippen molar-refractivity contribution < 1.29 is 5.11 Å². The normalized spacial score (nSPS) is 13.8. The Morgan fingerprint density at radius 2 is 2.06 bits per heavy atom. The fourth-order valence-corrected chi connectivity index (χ4v) is 2.24. The molecular formula is C12H19ClN2OS. The summed E-state index contributed by atoms with van der Waals surface area (Å²) in [5, 5.41) is 10.3. The van der Waals surface area contributed by atoms with Gasteiger partial charge in [-0.2, -0.15) is 0 Å². The molecule has 0 aliphatic rings. The van der Waals surface area contributed by atoms with Gasteiger partial charge in [-0.25, -0.2) is 9.97 Å².